The van der Waals surface area contributed by atoms with E-state index < -0.39 is 11.2 Å². The molecule has 3 rings (SSSR count). The Bertz CT molecular complexity index is 572. The van der Waals surface area contributed by atoms with Crippen molar-refractivity contribution in [3.8, 4) is 5.75 Å². The predicted octanol–water partition coefficient (Wildman–Crippen LogP) is 4.38. The van der Waals surface area contributed by atoms with E-state index in [2.05, 4.69) is 0 Å². The monoisotopic (exact) mass is 357 g/mol. The van der Waals surface area contributed by atoms with Crippen LogP contribution in [0.15, 0.2) is 24.3 Å². The molecule has 0 heterocycles. The molecule has 4 heteroatoms. The van der Waals surface area contributed by atoms with Crippen LogP contribution in [0.25, 0.3) is 0 Å². The Labute approximate surface area is 159 Å². The summed E-state index contributed by atoms with van der Waals surface area (Å²) >= 11 is 0. The molecule has 0 amide bonds. The topological polar surface area (TPSA) is 38.7 Å². The predicted molar refractivity (Wildman–Crippen MR) is 107 cm³/mol. The highest BCUT2D eigenvalue weighted by Gasteiger charge is 2.38. The molecule has 2 aliphatic rings. The molecule has 2 saturated carbocycles. The third kappa shape index (κ3) is 4.64. The summed E-state index contributed by atoms with van der Waals surface area (Å²) in [6.07, 6.45) is 11.1. The molecule has 0 unspecified atom stereocenters. The van der Waals surface area contributed by atoms with Gasteiger partial charge in [0, 0.05) is 0 Å². The van der Waals surface area contributed by atoms with E-state index in [0.29, 0.717) is 11.5 Å². The lowest BCUT2D eigenvalue weighted by molar-refractivity contribution is -0.0893. The summed E-state index contributed by atoms with van der Waals surface area (Å²) in [6, 6.07) is 8.06. The van der Waals surface area contributed by atoms with Gasteiger partial charge in [0.15, 0.2) is 0 Å². The molecule has 0 aromatic heterocycles. The molecule has 0 saturated heterocycles. The van der Waals surface area contributed by atoms with Crippen molar-refractivity contribution in [2.45, 2.75) is 96.4 Å². The lowest BCUT2D eigenvalue weighted by atomic mass is 9.72. The zero-order chi connectivity index (χ0) is 18.8. The van der Waals surface area contributed by atoms with Crippen LogP contribution in [0.2, 0.25) is 0 Å². The van der Waals surface area contributed by atoms with E-state index in [9.17, 15) is 5.11 Å². The molecule has 0 bridgehead atoms. The lowest BCUT2D eigenvalue weighted by Crippen LogP contribution is -2.49. The summed E-state index contributed by atoms with van der Waals surface area (Å²) in [6.45, 7) is 7.30. The third-order valence-electron chi connectivity index (χ3n) is 6.80. The Morgan fingerprint density at radius 3 is 2.08 bits per heavy atom. The standard InChI is InChI=1S/C22H34BO3/c1-20(2,24)21(3,4)26-23-17-7-9-18(10-8-17)25-19-11-15-22(16-12-19)13-5-6-14-22/h7-10,19,24H,5-6,11-16H2,1-4H3. The van der Waals surface area contributed by atoms with Gasteiger partial charge in [0.25, 0.3) is 0 Å². The number of ether oxygens (including phenoxy) is 1. The highest BCUT2D eigenvalue weighted by atomic mass is 16.5. The quantitative estimate of drug-likeness (QED) is 0.768. The minimum absolute atomic E-state index is 0.362. The van der Waals surface area contributed by atoms with E-state index in [1.54, 1.807) is 21.3 Å². The van der Waals surface area contributed by atoms with Gasteiger partial charge >= 0.3 is 7.48 Å². The summed E-state index contributed by atoms with van der Waals surface area (Å²) in [4.78, 5) is 0. The van der Waals surface area contributed by atoms with Gasteiger partial charge in [-0.2, -0.15) is 0 Å². The van der Waals surface area contributed by atoms with Gasteiger partial charge in [-0.15, -0.1) is 0 Å². The average Bonchev–Trinajstić information content (AvgIpc) is 3.04. The molecule has 0 aliphatic heterocycles. The molecular formula is C22H34BO3. The largest absolute Gasteiger partial charge is 0.490 e. The number of aliphatic hydroxyl groups is 1. The van der Waals surface area contributed by atoms with Crippen LogP contribution in [0, 0.1) is 5.41 Å². The minimum atomic E-state index is -0.912. The molecular weight excluding hydrogens is 323 g/mol. The first-order valence-corrected chi connectivity index (χ1v) is 10.2. The molecule has 26 heavy (non-hydrogen) atoms. The van der Waals surface area contributed by atoms with Crippen LogP contribution in [0.3, 0.4) is 0 Å². The minimum Gasteiger partial charge on any atom is -0.490 e. The van der Waals surface area contributed by atoms with E-state index in [0.717, 1.165) is 11.2 Å². The molecule has 0 atom stereocenters. The van der Waals surface area contributed by atoms with Gasteiger partial charge in [-0.05, 0) is 83.8 Å². The molecule has 1 N–H and O–H groups in total. The fourth-order valence-electron chi connectivity index (χ4n) is 4.12. The Morgan fingerprint density at radius 1 is 0.962 bits per heavy atom. The SMILES string of the molecule is CC(C)(O)C(C)(C)O[B]c1ccc(OC2CCC3(CCCC3)CC2)cc1. The van der Waals surface area contributed by atoms with Crippen molar-refractivity contribution in [1.29, 1.82) is 0 Å². The smallest absolute Gasteiger partial charge is 0.330 e. The van der Waals surface area contributed by atoms with Crippen LogP contribution in [-0.2, 0) is 4.65 Å². The molecule has 1 aromatic rings. The van der Waals surface area contributed by atoms with Crippen LogP contribution in [0.5, 0.6) is 5.75 Å². The molecule has 1 aromatic carbocycles. The maximum atomic E-state index is 10.2. The fraction of sp³-hybridized carbons (Fsp3) is 0.727. The van der Waals surface area contributed by atoms with Gasteiger partial charge in [-0.3, -0.25) is 0 Å². The molecule has 1 radical (unpaired) electrons. The van der Waals surface area contributed by atoms with Crippen LogP contribution < -0.4 is 10.2 Å². The van der Waals surface area contributed by atoms with E-state index in [-0.39, 0.29) is 0 Å². The number of hydrogen-bond donors (Lipinski definition) is 1. The number of benzene rings is 1. The Hall–Kier alpha value is -0.995. The highest BCUT2D eigenvalue weighted by Crippen LogP contribution is 2.49. The summed E-state index contributed by atoms with van der Waals surface area (Å²) in [5.41, 5.74) is 0.0665. The summed E-state index contributed by atoms with van der Waals surface area (Å²) in [5.74, 6) is 0.941. The zero-order valence-electron chi connectivity index (χ0n) is 16.9. The van der Waals surface area contributed by atoms with Crippen molar-refractivity contribution in [3.63, 3.8) is 0 Å². The third-order valence-corrected chi connectivity index (χ3v) is 6.80. The van der Waals surface area contributed by atoms with Crippen molar-refractivity contribution >= 4 is 12.9 Å². The molecule has 143 valence electrons. The van der Waals surface area contributed by atoms with Gasteiger partial charge in [-0.1, -0.05) is 30.4 Å². The van der Waals surface area contributed by atoms with E-state index in [1.165, 1.54) is 51.4 Å². The molecule has 2 aliphatic carbocycles. The Kier molecular flexibility index (Phi) is 5.74. The second kappa shape index (κ2) is 7.56. The fourth-order valence-corrected chi connectivity index (χ4v) is 4.12. The van der Waals surface area contributed by atoms with E-state index in [1.807, 2.05) is 38.1 Å². The average molecular weight is 357 g/mol. The van der Waals surface area contributed by atoms with Crippen molar-refractivity contribution in [2.75, 3.05) is 0 Å². The van der Waals surface area contributed by atoms with E-state index in [4.69, 9.17) is 9.39 Å². The summed E-state index contributed by atoms with van der Waals surface area (Å²) in [7, 11) is 1.71. The normalized spacial score (nSPS) is 21.1. The maximum Gasteiger partial charge on any atom is 0.330 e. The number of rotatable bonds is 6. The van der Waals surface area contributed by atoms with Crippen molar-refractivity contribution < 1.29 is 14.5 Å². The summed E-state index contributed by atoms with van der Waals surface area (Å²) < 4.78 is 12.0. The van der Waals surface area contributed by atoms with Crippen LogP contribution in [-0.4, -0.2) is 29.9 Å². The molecule has 1 spiro atoms. The van der Waals surface area contributed by atoms with Crippen LogP contribution in [0.4, 0.5) is 0 Å². The number of hydrogen-bond acceptors (Lipinski definition) is 3. The zero-order valence-corrected chi connectivity index (χ0v) is 16.9. The van der Waals surface area contributed by atoms with Gasteiger partial charge in [0.2, 0.25) is 0 Å². The first kappa shape index (κ1) is 19.8. The van der Waals surface area contributed by atoms with E-state index >= 15 is 0 Å². The van der Waals surface area contributed by atoms with Crippen molar-refractivity contribution in [1.82, 2.24) is 0 Å². The van der Waals surface area contributed by atoms with Crippen LogP contribution >= 0.6 is 0 Å². The molecule has 3 nitrogen and oxygen atoms in total. The summed E-state index contributed by atoms with van der Waals surface area (Å²) in [5, 5.41) is 10.2. The Morgan fingerprint density at radius 2 is 1.54 bits per heavy atom. The lowest BCUT2D eigenvalue weighted by Gasteiger charge is -2.37. The van der Waals surface area contributed by atoms with Gasteiger partial charge < -0.3 is 14.5 Å². The second-order valence-electron chi connectivity index (χ2n) is 9.40. The van der Waals surface area contributed by atoms with Crippen LogP contribution in [0.1, 0.15) is 79.1 Å². The first-order valence-electron chi connectivity index (χ1n) is 10.2. The first-order chi connectivity index (χ1) is 12.2. The maximum absolute atomic E-state index is 10.2. The Balaban J connectivity index is 1.48. The van der Waals surface area contributed by atoms with Crippen molar-refractivity contribution in [3.05, 3.63) is 24.3 Å². The van der Waals surface area contributed by atoms with Gasteiger partial charge in [0.05, 0.1) is 17.3 Å². The van der Waals surface area contributed by atoms with Gasteiger partial charge in [-0.25, -0.2) is 0 Å². The second-order valence-corrected chi connectivity index (χ2v) is 9.40. The van der Waals surface area contributed by atoms with Gasteiger partial charge in [0.1, 0.15) is 5.75 Å². The molecule has 2 fully saturated rings. The van der Waals surface area contributed by atoms with Crippen molar-refractivity contribution in [2.24, 2.45) is 5.41 Å². The highest BCUT2D eigenvalue weighted by molar-refractivity contribution is 6.47.